The standard InChI is InChI=1S/C65H113NO10/c1-4-7-10-13-16-19-22-25-26-27-28-29-30-31-32-33-35-37-40-43-46-49-52-58(69)64(73)66-56(57(68)51-48-45-42-39-36-24-21-18-15-12-9-6-3)55-74-65-63(62(72)61(71)59(54-67)75-65)76-60(70)53-50-47-44-41-38-34-23-20-17-14-11-8-5-2/h8,11,14,16-17,19-20,23,25-26,28-29,48,51,56-59,61-63,65,67-69,71-72H,4-7,9-10,12-13,15,18,21-22,24,27,30-47,49-50,52-55H2,1-3H3,(H,66,73)/b11-8+,17-14+,19-16-,23-20-,26-25-,29-28-,51-48+. The normalized spacial score (nSPS) is 19.7. The molecule has 1 rings (SSSR count). The maximum atomic E-state index is 13.4. The van der Waals surface area contributed by atoms with Gasteiger partial charge in [-0.2, -0.15) is 0 Å². The second kappa shape index (κ2) is 52.5. The van der Waals surface area contributed by atoms with Crippen LogP contribution in [0.2, 0.25) is 0 Å². The molecule has 8 atom stereocenters. The number of carbonyl (C=O) groups excluding carboxylic acids is 2. The third kappa shape index (κ3) is 40.1. The van der Waals surface area contributed by atoms with Crippen LogP contribution >= 0.6 is 0 Å². The Morgan fingerprint density at radius 3 is 1.55 bits per heavy atom. The maximum Gasteiger partial charge on any atom is 0.306 e. The zero-order valence-electron chi connectivity index (χ0n) is 48.3. The summed E-state index contributed by atoms with van der Waals surface area (Å²) in [5.74, 6) is -1.22. The second-order valence-corrected chi connectivity index (χ2v) is 21.1. The van der Waals surface area contributed by atoms with Crippen molar-refractivity contribution < 1.29 is 49.3 Å². The molecule has 0 aliphatic carbocycles. The van der Waals surface area contributed by atoms with Crippen molar-refractivity contribution in [3.63, 3.8) is 0 Å². The lowest BCUT2D eigenvalue weighted by Gasteiger charge is -2.41. The van der Waals surface area contributed by atoms with Crippen molar-refractivity contribution in [2.45, 2.75) is 301 Å². The van der Waals surface area contributed by atoms with E-state index < -0.39 is 67.4 Å². The van der Waals surface area contributed by atoms with Crippen LogP contribution in [0.4, 0.5) is 0 Å². The molecule has 0 aromatic heterocycles. The Morgan fingerprint density at radius 2 is 1.00 bits per heavy atom. The number of aliphatic hydroxyl groups is 5. The van der Waals surface area contributed by atoms with Crippen molar-refractivity contribution in [3.05, 3.63) is 85.1 Å². The number of rotatable bonds is 51. The van der Waals surface area contributed by atoms with E-state index in [1.54, 1.807) is 6.08 Å². The quantitative estimate of drug-likeness (QED) is 0.0149. The molecular formula is C65H113NO10. The molecule has 0 bridgehead atoms. The van der Waals surface area contributed by atoms with Crippen molar-refractivity contribution in [1.82, 2.24) is 5.32 Å². The lowest BCUT2D eigenvalue weighted by atomic mass is 9.99. The van der Waals surface area contributed by atoms with Gasteiger partial charge in [0.05, 0.1) is 25.4 Å². The number of hydrogen-bond donors (Lipinski definition) is 6. The predicted molar refractivity (Wildman–Crippen MR) is 315 cm³/mol. The Morgan fingerprint density at radius 1 is 0.539 bits per heavy atom. The first-order chi connectivity index (χ1) is 37.2. The van der Waals surface area contributed by atoms with Crippen molar-refractivity contribution >= 4 is 11.9 Å². The minimum absolute atomic E-state index is 0.0970. The molecule has 6 N–H and O–H groups in total. The molecule has 0 saturated carbocycles. The molecule has 0 radical (unpaired) electrons. The highest BCUT2D eigenvalue weighted by Gasteiger charge is 2.47. The van der Waals surface area contributed by atoms with E-state index in [9.17, 15) is 35.1 Å². The molecule has 1 fully saturated rings. The van der Waals surface area contributed by atoms with Crippen LogP contribution < -0.4 is 5.32 Å². The molecule has 0 aromatic rings. The summed E-state index contributed by atoms with van der Waals surface area (Å²) in [5, 5.41) is 56.9. The van der Waals surface area contributed by atoms with Gasteiger partial charge >= 0.3 is 5.97 Å². The van der Waals surface area contributed by atoms with Gasteiger partial charge in [-0.05, 0) is 83.5 Å². The molecule has 11 nitrogen and oxygen atoms in total. The summed E-state index contributed by atoms with van der Waals surface area (Å²) < 4.78 is 17.6. The molecule has 11 heteroatoms. The summed E-state index contributed by atoms with van der Waals surface area (Å²) in [5.41, 5.74) is 0. The van der Waals surface area contributed by atoms with Crippen LogP contribution in [0.3, 0.4) is 0 Å². The molecular weight excluding hydrogens is 955 g/mol. The molecule has 0 spiro atoms. The van der Waals surface area contributed by atoms with E-state index >= 15 is 0 Å². The van der Waals surface area contributed by atoms with Gasteiger partial charge in [0.25, 0.3) is 0 Å². The number of carbonyl (C=O) groups is 2. The van der Waals surface area contributed by atoms with Crippen molar-refractivity contribution in [2.24, 2.45) is 0 Å². The highest BCUT2D eigenvalue weighted by molar-refractivity contribution is 5.80. The van der Waals surface area contributed by atoms with Crippen LogP contribution in [0.15, 0.2) is 85.1 Å². The summed E-state index contributed by atoms with van der Waals surface area (Å²) >= 11 is 0. The van der Waals surface area contributed by atoms with E-state index in [1.807, 2.05) is 24.3 Å². The second-order valence-electron chi connectivity index (χ2n) is 21.1. The number of esters is 1. The van der Waals surface area contributed by atoms with E-state index in [1.165, 1.54) is 109 Å². The molecule has 8 unspecified atom stereocenters. The molecule has 1 aliphatic rings. The van der Waals surface area contributed by atoms with Crippen LogP contribution in [-0.2, 0) is 23.8 Å². The van der Waals surface area contributed by atoms with E-state index in [0.717, 1.165) is 96.3 Å². The average molecular weight is 1070 g/mol. The first kappa shape index (κ1) is 70.9. The Balaban J connectivity index is 2.67. The number of ether oxygens (including phenoxy) is 3. The fourth-order valence-corrected chi connectivity index (χ4v) is 9.19. The number of amides is 1. The Labute approximate surface area is 463 Å². The lowest BCUT2D eigenvalue weighted by Crippen LogP contribution is -2.61. The van der Waals surface area contributed by atoms with Crippen molar-refractivity contribution in [1.29, 1.82) is 0 Å². The number of unbranched alkanes of at least 4 members (excludes halogenated alkanes) is 27. The van der Waals surface area contributed by atoms with Crippen LogP contribution in [-0.4, -0.2) is 99.6 Å². The molecule has 1 saturated heterocycles. The molecule has 0 aromatic carbocycles. The van der Waals surface area contributed by atoms with Crippen molar-refractivity contribution in [3.8, 4) is 0 Å². The summed E-state index contributed by atoms with van der Waals surface area (Å²) in [4.78, 5) is 26.5. The Kier molecular flexibility index (Phi) is 49.0. The molecule has 1 heterocycles. The average Bonchev–Trinajstić information content (AvgIpc) is 3.42. The third-order valence-electron chi connectivity index (χ3n) is 14.1. The molecule has 76 heavy (non-hydrogen) atoms. The summed E-state index contributed by atoms with van der Waals surface area (Å²) in [6.45, 7) is 5.60. The predicted octanol–water partition coefficient (Wildman–Crippen LogP) is 14.6. The van der Waals surface area contributed by atoms with E-state index in [4.69, 9.17) is 14.2 Å². The van der Waals surface area contributed by atoms with Gasteiger partial charge in [0.15, 0.2) is 12.4 Å². The fraction of sp³-hybridized carbons (Fsp3) is 0.754. The van der Waals surface area contributed by atoms with Gasteiger partial charge in [-0.25, -0.2) is 0 Å². The van der Waals surface area contributed by atoms with Crippen LogP contribution in [0, 0.1) is 0 Å². The van der Waals surface area contributed by atoms with Gasteiger partial charge in [-0.15, -0.1) is 0 Å². The summed E-state index contributed by atoms with van der Waals surface area (Å²) in [6.07, 6.45) is 57.7. The first-order valence-corrected chi connectivity index (χ1v) is 30.9. The zero-order valence-corrected chi connectivity index (χ0v) is 48.3. The van der Waals surface area contributed by atoms with Gasteiger partial charge in [0.2, 0.25) is 5.91 Å². The Bertz CT molecular complexity index is 1560. The van der Waals surface area contributed by atoms with Gasteiger partial charge in [-0.1, -0.05) is 247 Å². The minimum Gasteiger partial charge on any atom is -0.454 e. The van der Waals surface area contributed by atoms with Crippen LogP contribution in [0.5, 0.6) is 0 Å². The number of allylic oxidation sites excluding steroid dienone is 13. The monoisotopic (exact) mass is 1070 g/mol. The Hall–Kier alpha value is -3.16. The minimum atomic E-state index is -1.63. The highest BCUT2D eigenvalue weighted by atomic mass is 16.7. The largest absolute Gasteiger partial charge is 0.454 e. The first-order valence-electron chi connectivity index (χ1n) is 30.9. The smallest absolute Gasteiger partial charge is 0.306 e. The van der Waals surface area contributed by atoms with Gasteiger partial charge in [-0.3, -0.25) is 9.59 Å². The molecule has 1 aliphatic heterocycles. The number of hydrogen-bond acceptors (Lipinski definition) is 10. The number of nitrogens with one attached hydrogen (secondary N) is 1. The van der Waals surface area contributed by atoms with Gasteiger partial charge in [0, 0.05) is 6.42 Å². The third-order valence-corrected chi connectivity index (χ3v) is 14.1. The molecule has 438 valence electrons. The van der Waals surface area contributed by atoms with Crippen molar-refractivity contribution in [2.75, 3.05) is 13.2 Å². The van der Waals surface area contributed by atoms with Crippen LogP contribution in [0.25, 0.3) is 0 Å². The summed E-state index contributed by atoms with van der Waals surface area (Å²) in [6, 6.07) is -1.03. The maximum absolute atomic E-state index is 13.4. The topological polar surface area (TPSA) is 175 Å². The van der Waals surface area contributed by atoms with E-state index in [0.29, 0.717) is 12.8 Å². The van der Waals surface area contributed by atoms with E-state index in [-0.39, 0.29) is 19.4 Å². The van der Waals surface area contributed by atoms with Crippen LogP contribution in [0.1, 0.15) is 252 Å². The van der Waals surface area contributed by atoms with E-state index in [2.05, 4.69) is 80.8 Å². The highest BCUT2D eigenvalue weighted by Crippen LogP contribution is 2.26. The fourth-order valence-electron chi connectivity index (χ4n) is 9.19. The van der Waals surface area contributed by atoms with Gasteiger partial charge < -0.3 is 45.1 Å². The summed E-state index contributed by atoms with van der Waals surface area (Å²) in [7, 11) is 0. The van der Waals surface area contributed by atoms with Gasteiger partial charge in [0.1, 0.15) is 24.4 Å². The number of aliphatic hydroxyl groups excluding tert-OH is 5. The molecule has 1 amide bonds. The zero-order chi connectivity index (χ0) is 55.4. The lowest BCUT2D eigenvalue weighted by molar-refractivity contribution is -0.305. The SMILES string of the molecule is CC/C=C/C=C/C=C\CCCCCCCC(=O)OC1C(OCC(NC(=O)C(O)CCCCCCCCCCC/C=C\C/C=C\C/C=C\CCCCC)C(O)/C=C/CCCCCCCCCCCC)OC(CO)C(O)C1O.